The predicted octanol–water partition coefficient (Wildman–Crippen LogP) is 2.17. The number of hydrogen-bond acceptors (Lipinski definition) is 3. The molecule has 0 atom stereocenters. The van der Waals surface area contributed by atoms with Gasteiger partial charge < -0.3 is 16.5 Å². The third-order valence-corrected chi connectivity index (χ3v) is 3.24. The van der Waals surface area contributed by atoms with Gasteiger partial charge in [0.05, 0.1) is 0 Å². The normalized spacial score (nSPS) is 11.7. The number of rotatable bonds is 3. The monoisotopic (exact) mass is 278 g/mol. The molecule has 1 amide bonds. The van der Waals surface area contributed by atoms with Crippen molar-refractivity contribution in [2.45, 2.75) is 0 Å². The molecule has 0 bridgehead atoms. The van der Waals surface area contributed by atoms with Crippen molar-refractivity contribution >= 4 is 34.4 Å². The van der Waals surface area contributed by atoms with Crippen molar-refractivity contribution in [3.05, 3.63) is 59.8 Å². The van der Waals surface area contributed by atoms with Crippen LogP contribution in [0.3, 0.4) is 0 Å². The van der Waals surface area contributed by atoms with Crippen LogP contribution in [0.5, 0.6) is 0 Å². The van der Waals surface area contributed by atoms with Crippen LogP contribution in [0.25, 0.3) is 22.7 Å². The number of aromatic amines is 1. The van der Waals surface area contributed by atoms with Crippen LogP contribution in [0.15, 0.2) is 48.7 Å². The lowest BCUT2D eigenvalue weighted by molar-refractivity contribution is -0.112. The number of nitrogens with two attached hydrogens (primary N) is 2. The first kappa shape index (κ1) is 12.9. The van der Waals surface area contributed by atoms with Gasteiger partial charge in [-0.2, -0.15) is 0 Å². The zero-order valence-corrected chi connectivity index (χ0v) is 11.2. The number of hydrogen-bond donors (Lipinski definition) is 3. The van der Waals surface area contributed by atoms with Crippen LogP contribution in [0.2, 0.25) is 0 Å². The van der Waals surface area contributed by atoms with Crippen molar-refractivity contribution in [3.8, 4) is 0 Å². The Morgan fingerprint density at radius 3 is 2.62 bits per heavy atom. The summed E-state index contributed by atoms with van der Waals surface area (Å²) in [7, 11) is 0. The summed E-state index contributed by atoms with van der Waals surface area (Å²) in [6, 6.07) is 12.9. The number of carbonyl (C=O) groups is 1. The molecule has 0 spiro atoms. The standard InChI is InChI=1S/C16H14N4O/c17-14-7-6-12-11(9-19-16(12)20-14)8-13(15(18)21)10-4-2-1-3-5-10/h1-9H,(H2,18,21)(H3,17,19,20)/b13-8-. The van der Waals surface area contributed by atoms with E-state index in [1.54, 1.807) is 18.3 Å². The first-order valence-electron chi connectivity index (χ1n) is 6.45. The summed E-state index contributed by atoms with van der Waals surface area (Å²) in [5.74, 6) is -0.0305. The van der Waals surface area contributed by atoms with Crippen molar-refractivity contribution in [3.63, 3.8) is 0 Å². The van der Waals surface area contributed by atoms with Crippen LogP contribution in [0, 0.1) is 0 Å². The summed E-state index contributed by atoms with van der Waals surface area (Å²) >= 11 is 0. The highest BCUT2D eigenvalue weighted by atomic mass is 16.1. The van der Waals surface area contributed by atoms with E-state index in [0.717, 1.165) is 16.5 Å². The lowest BCUT2D eigenvalue weighted by atomic mass is 10.0. The van der Waals surface area contributed by atoms with Gasteiger partial charge in [0.25, 0.3) is 0 Å². The largest absolute Gasteiger partial charge is 0.384 e. The molecular weight excluding hydrogens is 264 g/mol. The molecule has 0 aliphatic carbocycles. The molecule has 0 fully saturated rings. The van der Waals surface area contributed by atoms with Crippen molar-refractivity contribution in [1.29, 1.82) is 0 Å². The molecule has 1 aromatic carbocycles. The number of aromatic nitrogens is 2. The van der Waals surface area contributed by atoms with Gasteiger partial charge in [-0.05, 0) is 23.8 Å². The number of nitrogens with one attached hydrogen (secondary N) is 1. The average molecular weight is 278 g/mol. The number of amides is 1. The molecule has 0 radical (unpaired) electrons. The molecule has 3 rings (SSSR count). The van der Waals surface area contributed by atoms with E-state index < -0.39 is 5.91 Å². The summed E-state index contributed by atoms with van der Waals surface area (Å²) in [5, 5.41) is 0.888. The minimum Gasteiger partial charge on any atom is -0.384 e. The number of fused-ring (bicyclic) bond motifs is 1. The van der Waals surface area contributed by atoms with Crippen molar-refractivity contribution < 1.29 is 4.79 Å². The van der Waals surface area contributed by atoms with Crippen molar-refractivity contribution in [2.24, 2.45) is 5.73 Å². The van der Waals surface area contributed by atoms with Crippen LogP contribution in [-0.4, -0.2) is 15.9 Å². The molecule has 2 aromatic heterocycles. The number of nitrogen functional groups attached to an aromatic ring is 1. The Bertz CT molecular complexity index is 834. The van der Waals surface area contributed by atoms with Gasteiger partial charge in [0.2, 0.25) is 5.91 Å². The lowest BCUT2D eigenvalue weighted by Gasteiger charge is -2.03. The van der Waals surface area contributed by atoms with Gasteiger partial charge in [0, 0.05) is 22.7 Å². The van der Waals surface area contributed by atoms with Crippen LogP contribution >= 0.6 is 0 Å². The second kappa shape index (κ2) is 5.13. The van der Waals surface area contributed by atoms with Gasteiger partial charge in [0.15, 0.2) is 0 Å². The summed E-state index contributed by atoms with van der Waals surface area (Å²) in [4.78, 5) is 19.0. The maximum atomic E-state index is 11.7. The second-order valence-electron chi connectivity index (χ2n) is 4.66. The van der Waals surface area contributed by atoms with Crippen LogP contribution in [0.1, 0.15) is 11.1 Å². The molecule has 104 valence electrons. The number of nitrogens with zero attached hydrogens (tertiary/aromatic N) is 1. The number of pyridine rings is 1. The zero-order chi connectivity index (χ0) is 14.8. The molecule has 2 heterocycles. The topological polar surface area (TPSA) is 97.8 Å². The molecule has 5 nitrogen and oxygen atoms in total. The Balaban J connectivity index is 2.14. The van der Waals surface area contributed by atoms with Crippen LogP contribution in [-0.2, 0) is 4.79 Å². The minimum absolute atomic E-state index is 0.443. The van der Waals surface area contributed by atoms with E-state index in [1.807, 2.05) is 36.4 Å². The van der Waals surface area contributed by atoms with Gasteiger partial charge in [-0.25, -0.2) is 4.98 Å². The Morgan fingerprint density at radius 1 is 1.14 bits per heavy atom. The summed E-state index contributed by atoms with van der Waals surface area (Å²) in [5.41, 5.74) is 13.9. The fourth-order valence-electron chi connectivity index (χ4n) is 2.23. The molecule has 3 aromatic rings. The van der Waals surface area contributed by atoms with Crippen LogP contribution < -0.4 is 11.5 Å². The number of primary amides is 1. The van der Waals surface area contributed by atoms with Gasteiger partial charge in [-0.1, -0.05) is 30.3 Å². The fourth-order valence-corrected chi connectivity index (χ4v) is 2.23. The summed E-state index contributed by atoms with van der Waals surface area (Å²) in [6.07, 6.45) is 3.54. The molecule has 0 unspecified atom stereocenters. The Kier molecular flexibility index (Phi) is 3.16. The summed E-state index contributed by atoms with van der Waals surface area (Å²) < 4.78 is 0. The number of carbonyl (C=O) groups excluding carboxylic acids is 1. The highest BCUT2D eigenvalue weighted by molar-refractivity contribution is 6.24. The molecular formula is C16H14N4O. The number of anilines is 1. The Morgan fingerprint density at radius 2 is 1.90 bits per heavy atom. The zero-order valence-electron chi connectivity index (χ0n) is 11.2. The Labute approximate surface area is 121 Å². The third kappa shape index (κ3) is 2.49. The predicted molar refractivity (Wildman–Crippen MR) is 84.0 cm³/mol. The van der Waals surface area contributed by atoms with Gasteiger partial charge >= 0.3 is 0 Å². The second-order valence-corrected chi connectivity index (χ2v) is 4.66. The fraction of sp³-hybridized carbons (Fsp3) is 0. The molecule has 0 saturated heterocycles. The highest BCUT2D eigenvalue weighted by Crippen LogP contribution is 2.23. The molecule has 0 aliphatic heterocycles. The van der Waals surface area contributed by atoms with E-state index in [9.17, 15) is 4.79 Å². The van der Waals surface area contributed by atoms with Crippen LogP contribution in [0.4, 0.5) is 5.82 Å². The first-order valence-corrected chi connectivity index (χ1v) is 6.45. The SMILES string of the molecule is NC(=O)/C(=C\c1c[nH]c2nc(N)ccc12)c1ccccc1. The quantitative estimate of drug-likeness (QED) is 0.640. The molecule has 0 aliphatic rings. The van der Waals surface area contributed by atoms with E-state index >= 15 is 0 Å². The third-order valence-electron chi connectivity index (χ3n) is 3.24. The van der Waals surface area contributed by atoms with E-state index in [1.165, 1.54) is 0 Å². The molecule has 5 heteroatoms. The van der Waals surface area contributed by atoms with Crippen molar-refractivity contribution in [1.82, 2.24) is 9.97 Å². The molecule has 5 N–H and O–H groups in total. The maximum Gasteiger partial charge on any atom is 0.249 e. The van der Waals surface area contributed by atoms with E-state index in [2.05, 4.69) is 9.97 Å². The summed E-state index contributed by atoms with van der Waals surface area (Å²) in [6.45, 7) is 0. The van der Waals surface area contributed by atoms with E-state index in [4.69, 9.17) is 11.5 Å². The highest BCUT2D eigenvalue weighted by Gasteiger charge is 2.10. The van der Waals surface area contributed by atoms with E-state index in [-0.39, 0.29) is 0 Å². The van der Waals surface area contributed by atoms with Gasteiger partial charge in [0.1, 0.15) is 11.5 Å². The first-order chi connectivity index (χ1) is 10.1. The average Bonchev–Trinajstić information content (AvgIpc) is 2.87. The lowest BCUT2D eigenvalue weighted by Crippen LogP contribution is -2.12. The molecule has 0 saturated carbocycles. The van der Waals surface area contributed by atoms with Crippen molar-refractivity contribution in [2.75, 3.05) is 5.73 Å². The smallest absolute Gasteiger partial charge is 0.249 e. The minimum atomic E-state index is -0.473. The van der Waals surface area contributed by atoms with Gasteiger partial charge in [-0.3, -0.25) is 4.79 Å². The molecule has 21 heavy (non-hydrogen) atoms. The number of H-pyrrole nitrogens is 1. The van der Waals surface area contributed by atoms with E-state index in [0.29, 0.717) is 17.0 Å². The maximum absolute atomic E-state index is 11.7. The number of benzene rings is 1. The Hall–Kier alpha value is -3.08. The van der Waals surface area contributed by atoms with Gasteiger partial charge in [-0.15, -0.1) is 0 Å².